The van der Waals surface area contributed by atoms with Gasteiger partial charge in [0, 0.05) is 17.7 Å². The van der Waals surface area contributed by atoms with Gasteiger partial charge in [-0.15, -0.1) is 11.3 Å². The second kappa shape index (κ2) is 11.1. The number of amides is 1. The minimum atomic E-state index is -1.13. The van der Waals surface area contributed by atoms with Crippen molar-refractivity contribution < 1.29 is 24.5 Å². The summed E-state index contributed by atoms with van der Waals surface area (Å²) in [5.74, 6) is -0.397. The number of ether oxygens (including phenoxy) is 1. The Hall–Kier alpha value is -3.14. The van der Waals surface area contributed by atoms with Crippen LogP contribution in [-0.4, -0.2) is 28.6 Å². The van der Waals surface area contributed by atoms with Gasteiger partial charge in [-0.3, -0.25) is 14.5 Å². The zero-order valence-electron chi connectivity index (χ0n) is 18.2. The predicted octanol–water partition coefficient (Wildman–Crippen LogP) is 7.09. The maximum absolute atomic E-state index is 12.9. The fraction of sp³-hybridized carbons (Fsp3) is 0.0769. The quantitative estimate of drug-likeness (QED) is 0.221. The van der Waals surface area contributed by atoms with E-state index in [2.05, 4.69) is 31.9 Å². The first-order valence-corrected chi connectivity index (χ1v) is 12.9. The molecule has 0 aliphatic rings. The van der Waals surface area contributed by atoms with Crippen LogP contribution >= 0.6 is 43.2 Å². The molecule has 1 amide bonds. The van der Waals surface area contributed by atoms with E-state index < -0.39 is 18.4 Å². The molecule has 0 radical (unpaired) electrons. The smallest absolute Gasteiger partial charge is 0.323 e. The lowest BCUT2D eigenvalue weighted by Crippen LogP contribution is -2.35. The Balaban J connectivity index is 1.62. The molecular formula is C26H19Br2NO5S. The molecule has 9 heteroatoms. The number of aliphatic carboxylic acids is 1. The normalized spacial score (nSPS) is 10.7. The van der Waals surface area contributed by atoms with Crippen LogP contribution in [0.5, 0.6) is 17.2 Å². The number of thiophene rings is 1. The van der Waals surface area contributed by atoms with Gasteiger partial charge in [0.2, 0.25) is 0 Å². The van der Waals surface area contributed by atoms with Crippen molar-refractivity contribution in [3.05, 3.63) is 103 Å². The largest absolute Gasteiger partial charge is 0.508 e. The van der Waals surface area contributed by atoms with Crippen LogP contribution in [0.3, 0.4) is 0 Å². The Morgan fingerprint density at radius 3 is 2.29 bits per heavy atom. The van der Waals surface area contributed by atoms with E-state index in [0.717, 1.165) is 5.56 Å². The van der Waals surface area contributed by atoms with Gasteiger partial charge in [-0.1, -0.05) is 36.4 Å². The van der Waals surface area contributed by atoms with Crippen LogP contribution in [0.2, 0.25) is 0 Å². The average molecular weight is 617 g/mol. The monoisotopic (exact) mass is 615 g/mol. The van der Waals surface area contributed by atoms with Crippen LogP contribution in [0.15, 0.2) is 87.1 Å². The minimum absolute atomic E-state index is 0.172. The first kappa shape index (κ1) is 25.0. The van der Waals surface area contributed by atoms with Gasteiger partial charge in [0.05, 0.1) is 13.8 Å². The lowest BCUT2D eigenvalue weighted by Gasteiger charge is -2.22. The molecule has 2 N–H and O–H groups in total. The summed E-state index contributed by atoms with van der Waals surface area (Å²) in [5, 5.41) is 21.4. The fourth-order valence-corrected chi connectivity index (χ4v) is 5.45. The zero-order chi connectivity index (χ0) is 24.9. The van der Waals surface area contributed by atoms with Crippen molar-refractivity contribution in [2.24, 2.45) is 0 Å². The number of carboxylic acids is 1. The molecule has 0 spiro atoms. The number of benzene rings is 3. The molecule has 35 heavy (non-hydrogen) atoms. The van der Waals surface area contributed by atoms with Crippen LogP contribution in [-0.2, 0) is 11.2 Å². The minimum Gasteiger partial charge on any atom is -0.508 e. The summed E-state index contributed by atoms with van der Waals surface area (Å²) in [6, 6.07) is 21.5. The van der Waals surface area contributed by atoms with Crippen LogP contribution in [0, 0.1) is 0 Å². The number of hydrogen-bond acceptors (Lipinski definition) is 5. The number of rotatable bonds is 8. The van der Waals surface area contributed by atoms with Crippen LogP contribution < -0.4 is 9.64 Å². The summed E-state index contributed by atoms with van der Waals surface area (Å²) in [5.41, 5.74) is 2.17. The number of anilines is 1. The van der Waals surface area contributed by atoms with Crippen molar-refractivity contribution >= 4 is 60.8 Å². The highest BCUT2D eigenvalue weighted by Crippen LogP contribution is 2.41. The first-order valence-electron chi connectivity index (χ1n) is 10.4. The molecule has 0 saturated carbocycles. The summed E-state index contributed by atoms with van der Waals surface area (Å²) in [6.07, 6.45) is 0.542. The molecule has 0 aliphatic heterocycles. The van der Waals surface area contributed by atoms with E-state index in [1.165, 1.54) is 16.2 Å². The van der Waals surface area contributed by atoms with E-state index >= 15 is 0 Å². The highest BCUT2D eigenvalue weighted by Gasteiger charge is 2.23. The van der Waals surface area contributed by atoms with E-state index in [0.29, 0.717) is 43.0 Å². The van der Waals surface area contributed by atoms with Gasteiger partial charge in [0.25, 0.3) is 5.91 Å². The summed E-state index contributed by atoms with van der Waals surface area (Å²) in [4.78, 5) is 26.1. The third kappa shape index (κ3) is 6.11. The number of phenolic OH excluding ortho intramolecular Hbond substituents is 1. The predicted molar refractivity (Wildman–Crippen MR) is 143 cm³/mol. The molecule has 0 atom stereocenters. The molecule has 0 unspecified atom stereocenters. The van der Waals surface area contributed by atoms with Gasteiger partial charge >= 0.3 is 5.97 Å². The maximum Gasteiger partial charge on any atom is 0.323 e. The molecule has 1 aromatic heterocycles. The highest BCUT2D eigenvalue weighted by atomic mass is 79.9. The SMILES string of the molecule is O=C(O)CN(C(=O)c1cccs1)c1cc(Br)c(Oc2ccc(O)c(Cc3ccccc3)c2)c(Br)c1. The van der Waals surface area contributed by atoms with Crippen molar-refractivity contribution in [2.45, 2.75) is 6.42 Å². The van der Waals surface area contributed by atoms with Crippen LogP contribution in [0.4, 0.5) is 5.69 Å². The molecule has 0 fully saturated rings. The average Bonchev–Trinajstić information content (AvgIpc) is 3.37. The number of aromatic hydroxyl groups is 1. The van der Waals surface area contributed by atoms with E-state index in [1.54, 1.807) is 47.8 Å². The Bertz CT molecular complexity index is 1340. The molecular weight excluding hydrogens is 598 g/mol. The number of carboxylic acid groups (broad SMARTS) is 1. The van der Waals surface area contributed by atoms with E-state index in [-0.39, 0.29) is 5.75 Å². The fourth-order valence-electron chi connectivity index (χ4n) is 3.45. The first-order chi connectivity index (χ1) is 16.8. The van der Waals surface area contributed by atoms with E-state index in [4.69, 9.17) is 4.74 Å². The molecule has 0 aliphatic carbocycles. The van der Waals surface area contributed by atoms with E-state index in [1.807, 2.05) is 30.3 Å². The Morgan fingerprint density at radius 1 is 0.943 bits per heavy atom. The molecule has 4 aromatic rings. The number of halogens is 2. The number of carbonyl (C=O) groups is 2. The molecule has 178 valence electrons. The molecule has 4 rings (SSSR count). The van der Waals surface area contributed by atoms with Crippen LogP contribution in [0.1, 0.15) is 20.8 Å². The highest BCUT2D eigenvalue weighted by molar-refractivity contribution is 9.11. The van der Waals surface area contributed by atoms with Gasteiger partial charge in [0.15, 0.2) is 5.75 Å². The lowest BCUT2D eigenvalue weighted by molar-refractivity contribution is -0.135. The lowest BCUT2D eigenvalue weighted by atomic mass is 10.0. The van der Waals surface area contributed by atoms with Gasteiger partial charge in [-0.2, -0.15) is 0 Å². The van der Waals surface area contributed by atoms with E-state index in [9.17, 15) is 19.8 Å². The zero-order valence-corrected chi connectivity index (χ0v) is 22.1. The third-order valence-corrected chi connectivity index (χ3v) is 7.11. The van der Waals surface area contributed by atoms with Gasteiger partial charge < -0.3 is 14.9 Å². The molecule has 1 heterocycles. The molecule has 0 bridgehead atoms. The maximum atomic E-state index is 12.9. The van der Waals surface area contributed by atoms with Crippen molar-refractivity contribution in [2.75, 3.05) is 11.4 Å². The second-order valence-electron chi connectivity index (χ2n) is 7.56. The number of hydrogen-bond donors (Lipinski definition) is 2. The summed E-state index contributed by atoms with van der Waals surface area (Å²) >= 11 is 8.22. The van der Waals surface area contributed by atoms with Crippen LogP contribution in [0.25, 0.3) is 0 Å². The summed E-state index contributed by atoms with van der Waals surface area (Å²) < 4.78 is 7.14. The summed E-state index contributed by atoms with van der Waals surface area (Å²) in [7, 11) is 0. The molecule has 3 aromatic carbocycles. The number of carbonyl (C=O) groups excluding carboxylic acids is 1. The molecule has 6 nitrogen and oxygen atoms in total. The van der Waals surface area contributed by atoms with Crippen molar-refractivity contribution in [1.29, 1.82) is 0 Å². The topological polar surface area (TPSA) is 87.1 Å². The Kier molecular flexibility index (Phi) is 7.90. The number of nitrogens with zero attached hydrogens (tertiary/aromatic N) is 1. The Labute approximate surface area is 222 Å². The second-order valence-corrected chi connectivity index (χ2v) is 10.2. The van der Waals surface area contributed by atoms with Gasteiger partial charge in [-0.25, -0.2) is 0 Å². The van der Waals surface area contributed by atoms with Crippen molar-refractivity contribution in [3.8, 4) is 17.2 Å². The van der Waals surface area contributed by atoms with Gasteiger partial charge in [-0.05, 0) is 79.2 Å². The standard InChI is InChI=1S/C26H19Br2NO5S/c27-20-13-18(29(15-24(31)32)26(33)23-7-4-10-35-23)14-21(28)25(20)34-19-8-9-22(30)17(12-19)11-16-5-2-1-3-6-16/h1-10,12-14,30H,11,15H2,(H,31,32). The number of phenols is 1. The summed E-state index contributed by atoms with van der Waals surface area (Å²) in [6.45, 7) is -0.489. The molecule has 0 saturated heterocycles. The van der Waals surface area contributed by atoms with Gasteiger partial charge in [0.1, 0.15) is 18.0 Å². The Morgan fingerprint density at radius 2 is 1.66 bits per heavy atom. The third-order valence-electron chi connectivity index (χ3n) is 5.07. The van der Waals surface area contributed by atoms with Crippen molar-refractivity contribution in [1.82, 2.24) is 0 Å². The van der Waals surface area contributed by atoms with Crippen molar-refractivity contribution in [3.63, 3.8) is 0 Å².